The summed E-state index contributed by atoms with van der Waals surface area (Å²) in [6, 6.07) is 15.1. The first-order chi connectivity index (χ1) is 15.7. The van der Waals surface area contributed by atoms with E-state index in [9.17, 15) is 9.59 Å². The fourth-order valence-corrected chi connectivity index (χ4v) is 5.42. The predicted molar refractivity (Wildman–Crippen MR) is 142 cm³/mol. The molecule has 2 aliphatic rings. The number of carbonyl (C=O) groups excluding carboxylic acids is 2. The number of benzene rings is 2. The van der Waals surface area contributed by atoms with Crippen LogP contribution in [0, 0.1) is 5.92 Å². The Labute approximate surface area is 214 Å². The molecule has 1 atom stereocenters. The normalized spacial score (nSPS) is 15.9. The van der Waals surface area contributed by atoms with Gasteiger partial charge in [-0.1, -0.05) is 36.0 Å². The van der Waals surface area contributed by atoms with E-state index in [0.717, 1.165) is 53.1 Å². The van der Waals surface area contributed by atoms with E-state index < -0.39 is 0 Å². The molecular weight excluding hydrogens is 493 g/mol. The molecule has 3 aromatic rings. The first kappa shape index (κ1) is 26.1. The maximum absolute atomic E-state index is 13.3. The van der Waals surface area contributed by atoms with E-state index in [2.05, 4.69) is 26.1 Å². The van der Waals surface area contributed by atoms with Crippen LogP contribution in [0.1, 0.15) is 25.0 Å². The summed E-state index contributed by atoms with van der Waals surface area (Å²) in [7, 11) is 0. The number of amides is 2. The average Bonchev–Trinajstić information content (AvgIpc) is 3.24. The van der Waals surface area contributed by atoms with Crippen molar-refractivity contribution in [2.45, 2.75) is 30.2 Å². The molecule has 0 bridgehead atoms. The quantitative estimate of drug-likeness (QED) is 0.387. The predicted octanol–water partition coefficient (Wildman–Crippen LogP) is 4.37. The molecule has 2 aromatic carbocycles. The number of rotatable bonds is 6. The molecule has 1 unspecified atom stereocenters. The minimum atomic E-state index is -0.228. The molecular formula is C24H27Cl2N5O2S. The summed E-state index contributed by atoms with van der Waals surface area (Å²) in [5.41, 5.74) is 2.50. The fourth-order valence-electron chi connectivity index (χ4n) is 4.40. The summed E-state index contributed by atoms with van der Waals surface area (Å²) < 4.78 is 0. The number of nitrogens with zero attached hydrogens (tertiary/aromatic N) is 1. The van der Waals surface area contributed by atoms with Gasteiger partial charge < -0.3 is 16.0 Å². The number of thioether (sulfide) groups is 1. The lowest BCUT2D eigenvalue weighted by Crippen LogP contribution is -2.46. The lowest BCUT2D eigenvalue weighted by atomic mass is 9.88. The van der Waals surface area contributed by atoms with E-state index in [1.165, 1.54) is 11.8 Å². The van der Waals surface area contributed by atoms with Gasteiger partial charge >= 0.3 is 0 Å². The van der Waals surface area contributed by atoms with Gasteiger partial charge in [0.15, 0.2) is 0 Å². The van der Waals surface area contributed by atoms with Crippen LogP contribution in [0.2, 0.25) is 0 Å². The van der Waals surface area contributed by atoms with Gasteiger partial charge in [-0.05, 0) is 62.2 Å². The Kier molecular flexibility index (Phi) is 9.02. The molecule has 10 heteroatoms. The molecule has 5 rings (SSSR count). The molecule has 0 aliphatic carbocycles. The Morgan fingerprint density at radius 2 is 1.82 bits per heavy atom. The molecule has 1 fully saturated rings. The molecule has 2 aliphatic heterocycles. The van der Waals surface area contributed by atoms with E-state index in [1.54, 1.807) is 0 Å². The first-order valence-electron chi connectivity index (χ1n) is 10.9. The third kappa shape index (κ3) is 5.75. The maximum Gasteiger partial charge on any atom is 0.258 e. The topological polar surface area (TPSA) is 98.9 Å². The van der Waals surface area contributed by atoms with E-state index in [1.807, 2.05) is 54.6 Å². The lowest BCUT2D eigenvalue weighted by molar-refractivity contribution is -0.119. The fraction of sp³-hybridized carbons (Fsp3) is 0.292. The van der Waals surface area contributed by atoms with Gasteiger partial charge in [0.05, 0.1) is 16.1 Å². The maximum atomic E-state index is 13.3. The summed E-state index contributed by atoms with van der Waals surface area (Å²) in [5, 5.41) is 17.9. The van der Waals surface area contributed by atoms with Gasteiger partial charge in [-0.25, -0.2) is 0 Å². The SMILES string of the molecule is Cl.Cl.O=C(CC(NC(=O)C1=Cc2[nH]nc3cccc(c23)S1)C1CCNCC1)Nc1ccccc1. The minimum Gasteiger partial charge on any atom is -0.348 e. The van der Waals surface area contributed by atoms with Crippen molar-refractivity contribution in [1.82, 2.24) is 20.8 Å². The van der Waals surface area contributed by atoms with Crippen LogP contribution < -0.4 is 16.0 Å². The van der Waals surface area contributed by atoms with Crippen LogP contribution in [0.3, 0.4) is 0 Å². The summed E-state index contributed by atoms with van der Waals surface area (Å²) in [6.45, 7) is 1.79. The standard InChI is InChI=1S/C24H25N5O2S.2ClH/c30-22(26-16-5-2-1-3-6-16)14-18(15-9-11-25-12-10-15)27-24(31)21-13-19-23-17(28-29-19)7-4-8-20(23)32-21;;/h1-8,13,15,18,25H,9-12,14H2,(H,26,30)(H,27,31)(H,28,29);2*1H. The van der Waals surface area contributed by atoms with Crippen molar-refractivity contribution in [3.63, 3.8) is 0 Å². The van der Waals surface area contributed by atoms with Crippen molar-refractivity contribution in [3.8, 4) is 0 Å². The van der Waals surface area contributed by atoms with Crippen molar-refractivity contribution >= 4 is 71.1 Å². The lowest BCUT2D eigenvalue weighted by Gasteiger charge is -2.31. The van der Waals surface area contributed by atoms with Crippen LogP contribution >= 0.6 is 36.6 Å². The summed E-state index contributed by atoms with van der Waals surface area (Å²) >= 11 is 1.45. The Morgan fingerprint density at radius 3 is 2.59 bits per heavy atom. The molecule has 2 amide bonds. The Hall–Kier alpha value is -2.52. The highest BCUT2D eigenvalue weighted by molar-refractivity contribution is 8.04. The average molecular weight is 520 g/mol. The third-order valence-electron chi connectivity index (χ3n) is 6.02. The van der Waals surface area contributed by atoms with Crippen molar-refractivity contribution in [2.24, 2.45) is 5.92 Å². The first-order valence-corrected chi connectivity index (χ1v) is 11.7. The number of nitrogens with one attached hydrogen (secondary N) is 4. The number of para-hydroxylation sites is 1. The molecule has 1 saturated heterocycles. The van der Waals surface area contributed by atoms with Gasteiger partial charge in [0, 0.05) is 28.4 Å². The molecule has 7 nitrogen and oxygen atoms in total. The van der Waals surface area contributed by atoms with Gasteiger partial charge in [-0.15, -0.1) is 24.8 Å². The molecule has 0 saturated carbocycles. The van der Waals surface area contributed by atoms with Gasteiger partial charge in [0.25, 0.3) is 5.91 Å². The zero-order valence-corrected chi connectivity index (χ0v) is 20.8. The van der Waals surface area contributed by atoms with Gasteiger partial charge in [-0.2, -0.15) is 5.10 Å². The Morgan fingerprint density at radius 1 is 1.06 bits per heavy atom. The number of hydrogen-bond acceptors (Lipinski definition) is 5. The molecule has 180 valence electrons. The number of anilines is 1. The second-order valence-corrected chi connectivity index (χ2v) is 9.27. The van der Waals surface area contributed by atoms with Gasteiger partial charge in [-0.3, -0.25) is 14.7 Å². The summed E-state index contributed by atoms with van der Waals surface area (Å²) in [6.07, 6.45) is 3.96. The largest absolute Gasteiger partial charge is 0.348 e. The molecule has 1 aromatic heterocycles. The number of aromatic amines is 1. The minimum absolute atomic E-state index is 0. The monoisotopic (exact) mass is 519 g/mol. The second kappa shape index (κ2) is 11.8. The van der Waals surface area contributed by atoms with Gasteiger partial charge in [0.1, 0.15) is 0 Å². The van der Waals surface area contributed by atoms with Crippen LogP contribution in [-0.4, -0.2) is 41.1 Å². The molecule has 0 radical (unpaired) electrons. The third-order valence-corrected chi connectivity index (χ3v) is 7.10. The van der Waals surface area contributed by atoms with Crippen LogP contribution in [-0.2, 0) is 9.59 Å². The van der Waals surface area contributed by atoms with Crippen molar-refractivity contribution < 1.29 is 9.59 Å². The van der Waals surface area contributed by atoms with E-state index in [4.69, 9.17) is 0 Å². The zero-order valence-electron chi connectivity index (χ0n) is 18.4. The molecule has 0 spiro atoms. The highest BCUT2D eigenvalue weighted by Crippen LogP contribution is 2.40. The van der Waals surface area contributed by atoms with E-state index >= 15 is 0 Å². The van der Waals surface area contributed by atoms with Crippen molar-refractivity contribution in [3.05, 3.63) is 59.1 Å². The smallest absolute Gasteiger partial charge is 0.258 e. The highest BCUT2D eigenvalue weighted by Gasteiger charge is 2.29. The van der Waals surface area contributed by atoms with Gasteiger partial charge in [0.2, 0.25) is 5.91 Å². The van der Waals surface area contributed by atoms with Crippen LogP contribution in [0.4, 0.5) is 5.69 Å². The number of aromatic nitrogens is 2. The second-order valence-electron chi connectivity index (χ2n) is 8.18. The Balaban J connectivity index is 0.00000162. The summed E-state index contributed by atoms with van der Waals surface area (Å²) in [4.78, 5) is 27.6. The zero-order chi connectivity index (χ0) is 21.9. The van der Waals surface area contributed by atoms with Crippen molar-refractivity contribution in [2.75, 3.05) is 18.4 Å². The number of hydrogen-bond donors (Lipinski definition) is 4. The summed E-state index contributed by atoms with van der Waals surface area (Å²) in [5.74, 6) is 0.0105. The number of H-pyrrole nitrogens is 1. The molecule has 3 heterocycles. The van der Waals surface area contributed by atoms with E-state index in [0.29, 0.717) is 4.91 Å². The van der Waals surface area contributed by atoms with Crippen molar-refractivity contribution in [1.29, 1.82) is 0 Å². The van der Waals surface area contributed by atoms with Crippen LogP contribution in [0.25, 0.3) is 17.0 Å². The highest BCUT2D eigenvalue weighted by atomic mass is 35.5. The van der Waals surface area contributed by atoms with E-state index in [-0.39, 0.29) is 55.0 Å². The number of halogens is 2. The number of piperidine rings is 1. The molecule has 4 N–H and O–H groups in total. The number of carbonyl (C=O) groups is 2. The van der Waals surface area contributed by atoms with Crippen LogP contribution in [0.5, 0.6) is 0 Å². The Bertz CT molecular complexity index is 1180. The van der Waals surface area contributed by atoms with Crippen LogP contribution in [0.15, 0.2) is 58.3 Å². The molecule has 34 heavy (non-hydrogen) atoms.